The first kappa shape index (κ1) is 18.5. The van der Waals surface area contributed by atoms with Gasteiger partial charge in [-0.1, -0.05) is 0 Å². The summed E-state index contributed by atoms with van der Waals surface area (Å²) in [4.78, 5) is 31.6. The summed E-state index contributed by atoms with van der Waals surface area (Å²) in [6, 6.07) is 2.30. The summed E-state index contributed by atoms with van der Waals surface area (Å²) >= 11 is 0. The number of piperidine rings is 2. The minimum Gasteiger partial charge on any atom is -0.341 e. The number of carbonyl (C=O) groups is 2. The number of hydrogen-bond acceptors (Lipinski definition) is 4. The number of aryl methyl sites for hydroxylation is 1. The van der Waals surface area contributed by atoms with E-state index >= 15 is 0 Å². The third-order valence-corrected chi connectivity index (χ3v) is 6.89. The fourth-order valence-electron chi connectivity index (χ4n) is 4.97. The second-order valence-corrected chi connectivity index (χ2v) is 8.74. The lowest BCUT2D eigenvalue weighted by Crippen LogP contribution is -2.55. The molecule has 0 saturated carbocycles. The van der Waals surface area contributed by atoms with Gasteiger partial charge in [-0.25, -0.2) is 0 Å². The van der Waals surface area contributed by atoms with Crippen LogP contribution in [0, 0.1) is 12.3 Å². The number of likely N-dealkylation sites (N-methyl/N-ethyl adjacent to an activating group) is 1. The number of carbonyl (C=O) groups excluding carboxylic acids is 2. The van der Waals surface area contributed by atoms with Gasteiger partial charge in [-0.05, 0) is 57.7 Å². The van der Waals surface area contributed by atoms with Crippen LogP contribution in [0.5, 0.6) is 0 Å². The van der Waals surface area contributed by atoms with Crippen molar-refractivity contribution in [2.24, 2.45) is 5.41 Å². The number of aromatic nitrogens is 2. The first-order valence-electron chi connectivity index (χ1n) is 10.2. The molecule has 3 fully saturated rings. The van der Waals surface area contributed by atoms with Crippen molar-refractivity contribution in [1.82, 2.24) is 24.5 Å². The highest BCUT2D eigenvalue weighted by Crippen LogP contribution is 2.41. The van der Waals surface area contributed by atoms with E-state index in [0.29, 0.717) is 24.9 Å². The molecule has 1 atom stereocenters. The lowest BCUT2D eigenvalue weighted by molar-refractivity contribution is -0.145. The predicted molar refractivity (Wildman–Crippen MR) is 102 cm³/mol. The highest BCUT2D eigenvalue weighted by atomic mass is 16.2. The Kier molecular flexibility index (Phi) is 4.97. The van der Waals surface area contributed by atoms with E-state index in [-0.39, 0.29) is 11.3 Å². The zero-order chi connectivity index (χ0) is 19.0. The molecule has 7 nitrogen and oxygen atoms in total. The fraction of sp³-hybridized carbons (Fsp3) is 0.750. The highest BCUT2D eigenvalue weighted by Gasteiger charge is 2.44. The van der Waals surface area contributed by atoms with Crippen molar-refractivity contribution in [3.63, 3.8) is 0 Å². The minimum absolute atomic E-state index is 0.151. The van der Waals surface area contributed by atoms with E-state index in [1.165, 1.54) is 0 Å². The molecule has 27 heavy (non-hydrogen) atoms. The Morgan fingerprint density at radius 1 is 1.26 bits per heavy atom. The molecule has 4 heterocycles. The largest absolute Gasteiger partial charge is 0.341 e. The van der Waals surface area contributed by atoms with E-state index in [9.17, 15) is 9.59 Å². The Morgan fingerprint density at radius 3 is 2.67 bits per heavy atom. The monoisotopic (exact) mass is 373 g/mol. The van der Waals surface area contributed by atoms with Crippen LogP contribution in [0.25, 0.3) is 0 Å². The first-order chi connectivity index (χ1) is 13.0. The van der Waals surface area contributed by atoms with Crippen LogP contribution in [0.15, 0.2) is 12.3 Å². The average Bonchev–Trinajstić information content (AvgIpc) is 3.26. The van der Waals surface area contributed by atoms with Crippen LogP contribution >= 0.6 is 0 Å². The molecule has 3 aliphatic heterocycles. The molecule has 4 rings (SSSR count). The second kappa shape index (κ2) is 7.26. The van der Waals surface area contributed by atoms with Crippen LogP contribution in [0.3, 0.4) is 0 Å². The molecule has 2 amide bonds. The Bertz CT molecular complexity index is 707. The van der Waals surface area contributed by atoms with E-state index in [1.54, 1.807) is 10.9 Å². The Hall–Kier alpha value is -1.89. The van der Waals surface area contributed by atoms with Gasteiger partial charge in [0.15, 0.2) is 0 Å². The molecule has 0 N–H and O–H groups in total. The van der Waals surface area contributed by atoms with Crippen molar-refractivity contribution < 1.29 is 9.59 Å². The standard InChI is InChI=1S/C20H31N5O2/c1-16-4-9-21-25(16)14-19(27)23-11-7-20(8-12-23)6-3-18(26)24(15-20)17-5-10-22(2)13-17/h4,9,17H,3,5-8,10-15H2,1-2H3. The number of hydrogen-bond donors (Lipinski definition) is 0. The van der Waals surface area contributed by atoms with Crippen molar-refractivity contribution in [3.8, 4) is 0 Å². The van der Waals surface area contributed by atoms with Gasteiger partial charge in [0.25, 0.3) is 0 Å². The van der Waals surface area contributed by atoms with E-state index in [4.69, 9.17) is 0 Å². The summed E-state index contributed by atoms with van der Waals surface area (Å²) in [5, 5.41) is 4.22. The van der Waals surface area contributed by atoms with Crippen LogP contribution in [0.1, 0.15) is 37.8 Å². The lowest BCUT2D eigenvalue weighted by Gasteiger charge is -2.49. The van der Waals surface area contributed by atoms with E-state index in [0.717, 1.165) is 64.1 Å². The Balaban J connectivity index is 1.35. The molecule has 3 aliphatic rings. The number of likely N-dealkylation sites (tertiary alicyclic amines) is 3. The maximum atomic E-state index is 12.6. The zero-order valence-electron chi connectivity index (χ0n) is 16.6. The molecule has 0 radical (unpaired) electrons. The summed E-state index contributed by atoms with van der Waals surface area (Å²) in [6.45, 7) is 6.85. The van der Waals surface area contributed by atoms with Gasteiger partial charge in [-0.2, -0.15) is 5.10 Å². The Morgan fingerprint density at radius 2 is 2.04 bits per heavy atom. The van der Waals surface area contributed by atoms with Gasteiger partial charge in [0.2, 0.25) is 11.8 Å². The third-order valence-electron chi connectivity index (χ3n) is 6.89. The van der Waals surface area contributed by atoms with Crippen LogP contribution < -0.4 is 0 Å². The van der Waals surface area contributed by atoms with Crippen LogP contribution in [-0.2, 0) is 16.1 Å². The lowest BCUT2D eigenvalue weighted by atomic mass is 9.72. The summed E-state index contributed by atoms with van der Waals surface area (Å²) in [5.41, 5.74) is 1.22. The summed E-state index contributed by atoms with van der Waals surface area (Å²) in [6.07, 6.45) is 6.48. The van der Waals surface area contributed by atoms with Gasteiger partial charge in [0.05, 0.1) is 0 Å². The molecular weight excluding hydrogens is 342 g/mol. The molecule has 1 spiro atoms. The summed E-state index contributed by atoms with van der Waals surface area (Å²) in [5.74, 6) is 0.478. The molecule has 1 unspecified atom stereocenters. The summed E-state index contributed by atoms with van der Waals surface area (Å²) < 4.78 is 1.77. The minimum atomic E-state index is 0.151. The highest BCUT2D eigenvalue weighted by molar-refractivity contribution is 5.78. The van der Waals surface area contributed by atoms with Crippen LogP contribution in [0.2, 0.25) is 0 Å². The van der Waals surface area contributed by atoms with Gasteiger partial charge >= 0.3 is 0 Å². The van der Waals surface area contributed by atoms with Crippen LogP contribution in [-0.4, -0.2) is 82.1 Å². The summed E-state index contributed by atoms with van der Waals surface area (Å²) in [7, 11) is 2.13. The van der Waals surface area contributed by atoms with Crippen molar-refractivity contribution in [2.75, 3.05) is 39.8 Å². The number of amides is 2. The van der Waals surface area contributed by atoms with Gasteiger partial charge < -0.3 is 14.7 Å². The zero-order valence-corrected chi connectivity index (χ0v) is 16.6. The normalized spacial score (nSPS) is 26.1. The van der Waals surface area contributed by atoms with Gasteiger partial charge in [0, 0.05) is 50.5 Å². The number of nitrogens with zero attached hydrogens (tertiary/aromatic N) is 5. The molecule has 3 saturated heterocycles. The molecule has 1 aromatic heterocycles. The number of rotatable bonds is 3. The van der Waals surface area contributed by atoms with Crippen molar-refractivity contribution >= 4 is 11.8 Å². The van der Waals surface area contributed by atoms with Crippen molar-refractivity contribution in [3.05, 3.63) is 18.0 Å². The molecule has 148 valence electrons. The predicted octanol–water partition coefficient (Wildman–Crippen LogP) is 1.13. The van der Waals surface area contributed by atoms with Gasteiger partial charge in [0.1, 0.15) is 6.54 Å². The van der Waals surface area contributed by atoms with Crippen molar-refractivity contribution in [1.29, 1.82) is 0 Å². The van der Waals surface area contributed by atoms with Crippen LogP contribution in [0.4, 0.5) is 0 Å². The first-order valence-corrected chi connectivity index (χ1v) is 10.2. The smallest absolute Gasteiger partial charge is 0.244 e. The Labute approximate surface area is 161 Å². The maximum Gasteiger partial charge on any atom is 0.244 e. The van der Waals surface area contributed by atoms with Gasteiger partial charge in [-0.15, -0.1) is 0 Å². The molecule has 1 aromatic rings. The average molecular weight is 374 g/mol. The molecule has 7 heteroatoms. The van der Waals surface area contributed by atoms with E-state index in [2.05, 4.69) is 21.9 Å². The molecular formula is C20H31N5O2. The van der Waals surface area contributed by atoms with Gasteiger partial charge in [-0.3, -0.25) is 14.3 Å². The SMILES string of the molecule is Cc1ccnn1CC(=O)N1CCC2(CCC(=O)N(C3CCN(C)C3)C2)CC1. The van der Waals surface area contributed by atoms with E-state index in [1.807, 2.05) is 17.9 Å². The van der Waals surface area contributed by atoms with Crippen molar-refractivity contribution in [2.45, 2.75) is 51.6 Å². The molecule has 0 bridgehead atoms. The maximum absolute atomic E-state index is 12.6. The molecule has 0 aliphatic carbocycles. The third kappa shape index (κ3) is 3.74. The fourth-order valence-corrected chi connectivity index (χ4v) is 4.97. The molecule has 0 aromatic carbocycles. The second-order valence-electron chi connectivity index (χ2n) is 8.74. The quantitative estimate of drug-likeness (QED) is 0.797. The topological polar surface area (TPSA) is 61.7 Å². The van der Waals surface area contributed by atoms with E-state index < -0.39 is 0 Å².